The summed E-state index contributed by atoms with van der Waals surface area (Å²) in [7, 11) is -3.81. The van der Waals surface area contributed by atoms with Crippen molar-refractivity contribution in [3.05, 3.63) is 28.8 Å². The molecule has 0 saturated carbocycles. The molecule has 9 nitrogen and oxygen atoms in total. The minimum atomic E-state index is -3.81. The average Bonchev–Trinajstić information content (AvgIpc) is 3.02. The third-order valence-corrected chi connectivity index (χ3v) is 8.95. The number of aromatic nitrogens is 2. The van der Waals surface area contributed by atoms with E-state index in [1.165, 1.54) is 22.5 Å². The van der Waals surface area contributed by atoms with Crippen molar-refractivity contribution in [1.29, 1.82) is 0 Å². The number of thioether (sulfide) groups is 1. The number of nitrogens with zero attached hydrogens (tertiary/aromatic N) is 3. The van der Waals surface area contributed by atoms with E-state index in [-0.39, 0.29) is 32.3 Å². The van der Waals surface area contributed by atoms with Gasteiger partial charge in [0.1, 0.15) is 4.90 Å². The van der Waals surface area contributed by atoms with Crippen LogP contribution in [0.15, 0.2) is 27.4 Å². The molecule has 1 aromatic carbocycles. The number of hydrogen-bond donors (Lipinski definition) is 1. The van der Waals surface area contributed by atoms with Gasteiger partial charge in [0.15, 0.2) is 4.34 Å². The lowest BCUT2D eigenvalue weighted by Gasteiger charge is -2.21. The van der Waals surface area contributed by atoms with Crippen LogP contribution in [0.25, 0.3) is 0 Å². The number of nitrogens with one attached hydrogen (secondary N) is 1. The fraction of sp³-hybridized carbons (Fsp3) is 0.474. The second-order valence-electron chi connectivity index (χ2n) is 6.88. The van der Waals surface area contributed by atoms with Gasteiger partial charge < -0.3 is 4.74 Å². The number of esters is 1. The third kappa shape index (κ3) is 6.41. The zero-order valence-electron chi connectivity index (χ0n) is 17.4. The predicted octanol–water partition coefficient (Wildman–Crippen LogP) is 3.66. The molecule has 13 heteroatoms. The Kier molecular flexibility index (Phi) is 8.88. The van der Waals surface area contributed by atoms with Crippen LogP contribution < -0.4 is 5.32 Å². The standard InChI is InChI=1S/C19H23ClN4O5S3/c1-2-29-16(25)12-30-19-23-22-18(31-19)21-17(26)13-7-8-14(20)15(11-13)32(27,28)24-9-5-3-4-6-10-24/h7-8,11H,2-6,9-10,12H2,1H3,(H,21,22,26). The van der Waals surface area contributed by atoms with E-state index in [9.17, 15) is 18.0 Å². The zero-order valence-corrected chi connectivity index (χ0v) is 20.6. The molecule has 0 spiro atoms. The lowest BCUT2D eigenvalue weighted by atomic mass is 10.2. The van der Waals surface area contributed by atoms with Crippen molar-refractivity contribution in [3.8, 4) is 0 Å². The molecule has 1 aliphatic rings. The number of ether oxygens (including phenoxy) is 1. The van der Waals surface area contributed by atoms with Gasteiger partial charge in [0, 0.05) is 18.7 Å². The second kappa shape index (κ2) is 11.4. The summed E-state index contributed by atoms with van der Waals surface area (Å²) in [5.41, 5.74) is 0.138. The van der Waals surface area contributed by atoms with Crippen LogP contribution in [0.3, 0.4) is 0 Å². The van der Waals surface area contributed by atoms with Crippen LogP contribution in [-0.4, -0.2) is 60.2 Å². The number of carbonyl (C=O) groups is 2. The normalized spacial score (nSPS) is 15.2. The predicted molar refractivity (Wildman–Crippen MR) is 124 cm³/mol. The van der Waals surface area contributed by atoms with Crippen LogP contribution in [0.1, 0.15) is 43.0 Å². The quantitative estimate of drug-likeness (QED) is 0.319. The molecule has 1 aromatic heterocycles. The van der Waals surface area contributed by atoms with Gasteiger partial charge in [-0.25, -0.2) is 8.42 Å². The summed E-state index contributed by atoms with van der Waals surface area (Å²) in [4.78, 5) is 24.0. The van der Waals surface area contributed by atoms with E-state index in [4.69, 9.17) is 16.3 Å². The van der Waals surface area contributed by atoms with Gasteiger partial charge in [-0.05, 0) is 38.0 Å². The molecule has 174 valence electrons. The largest absolute Gasteiger partial charge is 0.465 e. The molecule has 3 rings (SSSR count). The van der Waals surface area contributed by atoms with Crippen molar-refractivity contribution in [2.75, 3.05) is 30.8 Å². The van der Waals surface area contributed by atoms with E-state index in [1.54, 1.807) is 6.92 Å². The van der Waals surface area contributed by atoms with Gasteiger partial charge in [-0.1, -0.05) is 47.5 Å². The monoisotopic (exact) mass is 518 g/mol. The maximum atomic E-state index is 13.1. The minimum Gasteiger partial charge on any atom is -0.465 e. The first-order valence-electron chi connectivity index (χ1n) is 10.0. The Morgan fingerprint density at radius 3 is 2.62 bits per heavy atom. The first-order valence-corrected chi connectivity index (χ1v) is 13.7. The molecule has 2 heterocycles. The number of amides is 1. The Morgan fingerprint density at radius 1 is 1.22 bits per heavy atom. The summed E-state index contributed by atoms with van der Waals surface area (Å²) < 4.78 is 33.0. The summed E-state index contributed by atoms with van der Waals surface area (Å²) >= 11 is 8.45. The summed E-state index contributed by atoms with van der Waals surface area (Å²) in [5.74, 6) is -0.810. The van der Waals surface area contributed by atoms with E-state index in [0.29, 0.717) is 24.0 Å². The van der Waals surface area contributed by atoms with E-state index in [1.807, 2.05) is 0 Å². The molecule has 0 atom stereocenters. The third-order valence-electron chi connectivity index (χ3n) is 4.62. The smallest absolute Gasteiger partial charge is 0.316 e. The molecule has 1 saturated heterocycles. The molecule has 32 heavy (non-hydrogen) atoms. The number of anilines is 1. The highest BCUT2D eigenvalue weighted by atomic mass is 35.5. The van der Waals surface area contributed by atoms with E-state index >= 15 is 0 Å². The van der Waals surface area contributed by atoms with Gasteiger partial charge in [0.25, 0.3) is 5.91 Å². The van der Waals surface area contributed by atoms with Crippen LogP contribution in [0.5, 0.6) is 0 Å². The highest BCUT2D eigenvalue weighted by Gasteiger charge is 2.28. The zero-order chi connectivity index (χ0) is 23.1. The topological polar surface area (TPSA) is 119 Å². The molecule has 1 N–H and O–H groups in total. The maximum absolute atomic E-state index is 13.1. The fourth-order valence-electron chi connectivity index (χ4n) is 3.07. The van der Waals surface area contributed by atoms with Crippen LogP contribution in [0.2, 0.25) is 5.02 Å². The second-order valence-corrected chi connectivity index (χ2v) is 11.4. The Hall–Kier alpha value is -1.73. The van der Waals surface area contributed by atoms with Gasteiger partial charge >= 0.3 is 5.97 Å². The van der Waals surface area contributed by atoms with E-state index < -0.39 is 15.9 Å². The molecule has 0 radical (unpaired) electrons. The molecule has 1 aliphatic heterocycles. The molecule has 0 unspecified atom stereocenters. The van der Waals surface area contributed by atoms with E-state index in [2.05, 4.69) is 15.5 Å². The lowest BCUT2D eigenvalue weighted by Crippen LogP contribution is -2.32. The molecule has 0 aliphatic carbocycles. The van der Waals surface area contributed by atoms with Gasteiger partial charge in [0.05, 0.1) is 17.4 Å². The van der Waals surface area contributed by atoms with Crippen LogP contribution >= 0.6 is 34.7 Å². The number of carbonyl (C=O) groups excluding carboxylic acids is 2. The molecular weight excluding hydrogens is 496 g/mol. The Morgan fingerprint density at radius 2 is 1.94 bits per heavy atom. The SMILES string of the molecule is CCOC(=O)CSc1nnc(NC(=O)c2ccc(Cl)c(S(=O)(=O)N3CCCCCC3)c2)s1. The van der Waals surface area contributed by atoms with Crippen LogP contribution in [-0.2, 0) is 19.6 Å². The van der Waals surface area contributed by atoms with Gasteiger partial charge in [0.2, 0.25) is 15.2 Å². The summed E-state index contributed by atoms with van der Waals surface area (Å²) in [5, 5.41) is 10.7. The minimum absolute atomic E-state index is 0.0689. The first kappa shape index (κ1) is 24.9. The average molecular weight is 519 g/mol. The lowest BCUT2D eigenvalue weighted by molar-refractivity contribution is -0.139. The number of sulfonamides is 1. The van der Waals surface area contributed by atoms with Crippen molar-refractivity contribution in [2.45, 2.75) is 41.8 Å². The Labute approximate surface area is 199 Å². The molecule has 1 amide bonds. The number of hydrogen-bond acceptors (Lipinski definition) is 9. The Bertz CT molecular complexity index is 1070. The highest BCUT2D eigenvalue weighted by Crippen LogP contribution is 2.29. The fourth-order valence-corrected chi connectivity index (χ4v) is 6.64. The molecular formula is C19H23ClN4O5S3. The molecule has 0 bridgehead atoms. The van der Waals surface area contributed by atoms with Crippen molar-refractivity contribution in [2.24, 2.45) is 0 Å². The van der Waals surface area contributed by atoms with Gasteiger partial charge in [-0.3, -0.25) is 14.9 Å². The van der Waals surface area contributed by atoms with Gasteiger partial charge in [-0.2, -0.15) is 4.31 Å². The maximum Gasteiger partial charge on any atom is 0.316 e. The Balaban J connectivity index is 1.71. The summed E-state index contributed by atoms with van der Waals surface area (Å²) in [6, 6.07) is 4.15. The van der Waals surface area contributed by atoms with Crippen molar-refractivity contribution in [3.63, 3.8) is 0 Å². The van der Waals surface area contributed by atoms with Gasteiger partial charge in [-0.15, -0.1) is 10.2 Å². The molecule has 1 fully saturated rings. The van der Waals surface area contributed by atoms with Crippen molar-refractivity contribution in [1.82, 2.24) is 14.5 Å². The highest BCUT2D eigenvalue weighted by molar-refractivity contribution is 8.01. The van der Waals surface area contributed by atoms with Crippen molar-refractivity contribution < 1.29 is 22.7 Å². The number of halogens is 1. The first-order chi connectivity index (χ1) is 15.3. The van der Waals surface area contributed by atoms with Crippen molar-refractivity contribution >= 4 is 61.7 Å². The molecule has 2 aromatic rings. The number of rotatable bonds is 8. The summed E-state index contributed by atoms with van der Waals surface area (Å²) in [6.45, 7) is 2.90. The summed E-state index contributed by atoms with van der Waals surface area (Å²) in [6.07, 6.45) is 3.57. The number of benzene rings is 1. The van der Waals surface area contributed by atoms with E-state index in [0.717, 1.165) is 48.8 Å². The van der Waals surface area contributed by atoms with Crippen LogP contribution in [0, 0.1) is 0 Å². The van der Waals surface area contributed by atoms with Crippen LogP contribution in [0.4, 0.5) is 5.13 Å².